The second-order valence-corrected chi connectivity index (χ2v) is 4.04. The van der Waals surface area contributed by atoms with Crippen molar-refractivity contribution in [2.75, 3.05) is 13.2 Å². The van der Waals surface area contributed by atoms with Crippen molar-refractivity contribution in [1.29, 1.82) is 0 Å². The van der Waals surface area contributed by atoms with Crippen molar-refractivity contribution in [3.63, 3.8) is 0 Å². The molecule has 0 aliphatic carbocycles. The molecule has 1 aromatic rings. The van der Waals surface area contributed by atoms with E-state index in [-0.39, 0.29) is 24.0 Å². The highest BCUT2D eigenvalue weighted by atomic mass is 16.6. The summed E-state index contributed by atoms with van der Waals surface area (Å²) in [4.78, 5) is 21.7. The van der Waals surface area contributed by atoms with Crippen LogP contribution in [-0.4, -0.2) is 30.2 Å². The number of benzene rings is 1. The summed E-state index contributed by atoms with van der Waals surface area (Å²) in [6, 6.07) is 5.49. The number of carbonyl (C=O) groups excluding carboxylic acids is 1. The van der Waals surface area contributed by atoms with Crippen LogP contribution in [0.3, 0.4) is 0 Å². The second kappa shape index (κ2) is 5.59. The number of hydrogen-bond acceptors (Lipinski definition) is 5. The average molecular weight is 251 g/mol. The molecule has 2 rings (SSSR count). The quantitative estimate of drug-likeness (QED) is 0.464. The molecule has 0 spiro atoms. The highest BCUT2D eigenvalue weighted by Gasteiger charge is 2.19. The maximum Gasteiger partial charge on any atom is 0.338 e. The first-order valence-electron chi connectivity index (χ1n) is 5.70. The third-order valence-corrected chi connectivity index (χ3v) is 2.72. The molecular formula is C12H13NO5. The third kappa shape index (κ3) is 3.04. The van der Waals surface area contributed by atoms with Gasteiger partial charge in [0.25, 0.3) is 5.69 Å². The smallest absolute Gasteiger partial charge is 0.338 e. The first kappa shape index (κ1) is 12.5. The van der Waals surface area contributed by atoms with E-state index in [2.05, 4.69) is 0 Å². The standard InChI is InChI=1S/C12H13NO5/c14-12(18-8-11-5-2-6-17-11)9-3-1-4-10(7-9)13(15)16/h1,3-4,7,11H,2,5-6,8H2. The number of carbonyl (C=O) groups is 1. The van der Waals surface area contributed by atoms with E-state index in [4.69, 9.17) is 9.47 Å². The monoisotopic (exact) mass is 251 g/mol. The van der Waals surface area contributed by atoms with Crippen molar-refractivity contribution in [3.05, 3.63) is 39.9 Å². The molecule has 0 N–H and O–H groups in total. The Labute approximate surface area is 104 Å². The topological polar surface area (TPSA) is 78.7 Å². The summed E-state index contributed by atoms with van der Waals surface area (Å²) in [7, 11) is 0. The first-order valence-corrected chi connectivity index (χ1v) is 5.70. The molecule has 96 valence electrons. The van der Waals surface area contributed by atoms with Crippen LogP contribution in [0, 0.1) is 10.1 Å². The van der Waals surface area contributed by atoms with Gasteiger partial charge in [-0.1, -0.05) is 6.07 Å². The molecule has 1 unspecified atom stereocenters. The Morgan fingerprint density at radius 2 is 2.39 bits per heavy atom. The normalized spacial score (nSPS) is 18.6. The van der Waals surface area contributed by atoms with Crippen molar-refractivity contribution in [2.45, 2.75) is 18.9 Å². The highest BCUT2D eigenvalue weighted by molar-refractivity contribution is 5.90. The molecule has 0 aromatic heterocycles. The van der Waals surface area contributed by atoms with Gasteiger partial charge in [-0.2, -0.15) is 0 Å². The van der Waals surface area contributed by atoms with E-state index in [1.807, 2.05) is 0 Å². The lowest BCUT2D eigenvalue weighted by molar-refractivity contribution is -0.384. The number of rotatable bonds is 4. The Hall–Kier alpha value is -1.95. The molecular weight excluding hydrogens is 238 g/mol. The molecule has 18 heavy (non-hydrogen) atoms. The number of esters is 1. The van der Waals surface area contributed by atoms with Gasteiger partial charge >= 0.3 is 5.97 Å². The van der Waals surface area contributed by atoms with Crippen LogP contribution in [0.15, 0.2) is 24.3 Å². The SMILES string of the molecule is O=C(OCC1CCCO1)c1cccc([N+](=O)[O-])c1. The Morgan fingerprint density at radius 1 is 1.56 bits per heavy atom. The molecule has 0 bridgehead atoms. The number of nitro groups is 1. The lowest BCUT2D eigenvalue weighted by Gasteiger charge is -2.09. The maximum absolute atomic E-state index is 11.7. The van der Waals surface area contributed by atoms with E-state index >= 15 is 0 Å². The Bertz CT molecular complexity index is 454. The van der Waals surface area contributed by atoms with Crippen LogP contribution in [0.25, 0.3) is 0 Å². The second-order valence-electron chi connectivity index (χ2n) is 4.04. The van der Waals surface area contributed by atoms with Crippen LogP contribution in [0.4, 0.5) is 5.69 Å². The zero-order valence-corrected chi connectivity index (χ0v) is 9.70. The number of hydrogen-bond donors (Lipinski definition) is 0. The first-order chi connectivity index (χ1) is 8.66. The van der Waals surface area contributed by atoms with Crippen molar-refractivity contribution in [1.82, 2.24) is 0 Å². The van der Waals surface area contributed by atoms with Gasteiger partial charge in [-0.05, 0) is 18.9 Å². The maximum atomic E-state index is 11.7. The Balaban J connectivity index is 1.95. The molecule has 0 amide bonds. The number of nitro benzene ring substituents is 1. The van der Waals surface area contributed by atoms with Crippen molar-refractivity contribution >= 4 is 11.7 Å². The zero-order valence-electron chi connectivity index (χ0n) is 9.70. The number of nitrogens with zero attached hydrogens (tertiary/aromatic N) is 1. The summed E-state index contributed by atoms with van der Waals surface area (Å²) in [6.07, 6.45) is 1.80. The fourth-order valence-electron chi connectivity index (χ4n) is 1.77. The Morgan fingerprint density at radius 3 is 3.06 bits per heavy atom. The fraction of sp³-hybridized carbons (Fsp3) is 0.417. The van der Waals surface area contributed by atoms with Gasteiger partial charge in [-0.15, -0.1) is 0 Å². The number of non-ortho nitro benzene ring substituents is 1. The minimum absolute atomic E-state index is 0.0485. The third-order valence-electron chi connectivity index (χ3n) is 2.72. The van der Waals surface area contributed by atoms with Crippen LogP contribution in [0.2, 0.25) is 0 Å². The van der Waals surface area contributed by atoms with Crippen molar-refractivity contribution in [3.8, 4) is 0 Å². The predicted octanol–water partition coefficient (Wildman–Crippen LogP) is 1.93. The summed E-state index contributed by atoms with van der Waals surface area (Å²) in [5.41, 5.74) is 0.0590. The largest absolute Gasteiger partial charge is 0.459 e. The molecule has 1 atom stereocenters. The minimum Gasteiger partial charge on any atom is -0.459 e. The molecule has 1 fully saturated rings. The molecule has 1 aliphatic rings. The summed E-state index contributed by atoms with van der Waals surface area (Å²) < 4.78 is 10.4. The summed E-state index contributed by atoms with van der Waals surface area (Å²) in [6.45, 7) is 0.889. The fourth-order valence-corrected chi connectivity index (χ4v) is 1.77. The van der Waals surface area contributed by atoms with E-state index in [1.165, 1.54) is 24.3 Å². The summed E-state index contributed by atoms with van der Waals surface area (Å²) >= 11 is 0. The van der Waals surface area contributed by atoms with Gasteiger partial charge in [0.05, 0.1) is 16.6 Å². The number of ether oxygens (including phenoxy) is 2. The van der Waals surface area contributed by atoms with Gasteiger partial charge in [-0.25, -0.2) is 4.79 Å². The van der Waals surface area contributed by atoms with Gasteiger partial charge < -0.3 is 9.47 Å². The van der Waals surface area contributed by atoms with Gasteiger partial charge in [0, 0.05) is 18.7 Å². The molecule has 1 heterocycles. The molecule has 0 radical (unpaired) electrons. The average Bonchev–Trinajstić information content (AvgIpc) is 2.89. The van der Waals surface area contributed by atoms with Crippen LogP contribution in [0.1, 0.15) is 23.2 Å². The molecule has 1 saturated heterocycles. The van der Waals surface area contributed by atoms with E-state index in [9.17, 15) is 14.9 Å². The molecule has 1 aliphatic heterocycles. The van der Waals surface area contributed by atoms with E-state index in [1.54, 1.807) is 0 Å². The van der Waals surface area contributed by atoms with Crippen LogP contribution in [-0.2, 0) is 9.47 Å². The van der Waals surface area contributed by atoms with Crippen molar-refractivity contribution < 1.29 is 19.2 Å². The van der Waals surface area contributed by atoms with Gasteiger partial charge in [0.1, 0.15) is 6.61 Å². The highest BCUT2D eigenvalue weighted by Crippen LogP contribution is 2.16. The minimum atomic E-state index is -0.561. The van der Waals surface area contributed by atoms with Gasteiger partial charge in [0.2, 0.25) is 0 Å². The van der Waals surface area contributed by atoms with Gasteiger partial charge in [-0.3, -0.25) is 10.1 Å². The lowest BCUT2D eigenvalue weighted by Crippen LogP contribution is -2.17. The van der Waals surface area contributed by atoms with Crippen LogP contribution >= 0.6 is 0 Å². The van der Waals surface area contributed by atoms with E-state index in [0.29, 0.717) is 6.61 Å². The summed E-state index contributed by atoms with van der Waals surface area (Å²) in [5.74, 6) is -0.561. The summed E-state index contributed by atoms with van der Waals surface area (Å²) in [5, 5.41) is 10.6. The van der Waals surface area contributed by atoms with Crippen LogP contribution < -0.4 is 0 Å². The van der Waals surface area contributed by atoms with Crippen LogP contribution in [0.5, 0.6) is 0 Å². The van der Waals surface area contributed by atoms with E-state index in [0.717, 1.165) is 12.8 Å². The molecule has 1 aromatic carbocycles. The lowest BCUT2D eigenvalue weighted by atomic mass is 10.2. The predicted molar refractivity (Wildman–Crippen MR) is 62.4 cm³/mol. The molecule has 6 heteroatoms. The molecule has 6 nitrogen and oxygen atoms in total. The zero-order chi connectivity index (χ0) is 13.0. The van der Waals surface area contributed by atoms with Crippen molar-refractivity contribution in [2.24, 2.45) is 0 Å². The Kier molecular flexibility index (Phi) is 3.88. The van der Waals surface area contributed by atoms with E-state index < -0.39 is 10.9 Å². The van der Waals surface area contributed by atoms with Gasteiger partial charge in [0.15, 0.2) is 0 Å². The molecule has 0 saturated carbocycles.